The summed E-state index contributed by atoms with van der Waals surface area (Å²) in [4.78, 5) is 26.9. The predicted octanol–water partition coefficient (Wildman–Crippen LogP) is 0.937. The molecule has 0 spiro atoms. The molecular weight excluding hydrogens is 244 g/mol. The maximum Gasteiger partial charge on any atom is 0.265 e. The molecular formula is C13H12N4O2. The van der Waals surface area contributed by atoms with E-state index in [9.17, 15) is 9.59 Å². The van der Waals surface area contributed by atoms with Crippen LogP contribution in [0.3, 0.4) is 0 Å². The zero-order valence-electron chi connectivity index (χ0n) is 9.96. The van der Waals surface area contributed by atoms with E-state index < -0.39 is 0 Å². The minimum atomic E-state index is -0.384. The van der Waals surface area contributed by atoms with Gasteiger partial charge in [0.25, 0.3) is 11.8 Å². The van der Waals surface area contributed by atoms with E-state index in [1.807, 2.05) is 5.43 Å². The lowest BCUT2D eigenvalue weighted by Gasteiger charge is -2.05. The number of anilines is 1. The predicted molar refractivity (Wildman–Crippen MR) is 70.3 cm³/mol. The van der Waals surface area contributed by atoms with Crippen LogP contribution >= 0.6 is 0 Å². The molecule has 0 atom stereocenters. The third-order valence-corrected chi connectivity index (χ3v) is 2.46. The first-order chi connectivity index (χ1) is 9.20. The van der Waals surface area contributed by atoms with Crippen molar-refractivity contribution < 1.29 is 9.59 Å². The van der Waals surface area contributed by atoms with Crippen molar-refractivity contribution in [1.82, 2.24) is 10.4 Å². The zero-order chi connectivity index (χ0) is 13.7. The van der Waals surface area contributed by atoms with E-state index in [0.29, 0.717) is 16.8 Å². The van der Waals surface area contributed by atoms with Gasteiger partial charge in [0.2, 0.25) is 0 Å². The van der Waals surface area contributed by atoms with Crippen LogP contribution in [0.1, 0.15) is 20.7 Å². The van der Waals surface area contributed by atoms with Gasteiger partial charge in [-0.1, -0.05) is 0 Å². The van der Waals surface area contributed by atoms with Gasteiger partial charge in [0.05, 0.1) is 5.56 Å². The number of hydrogen-bond donors (Lipinski definition) is 3. The molecule has 0 aliphatic carbocycles. The fraction of sp³-hybridized carbons (Fsp3) is 0. The van der Waals surface area contributed by atoms with Gasteiger partial charge in [-0.3, -0.25) is 20.0 Å². The molecule has 0 saturated heterocycles. The Morgan fingerprint density at radius 2 is 1.74 bits per heavy atom. The highest BCUT2D eigenvalue weighted by Crippen LogP contribution is 2.11. The first-order valence-electron chi connectivity index (χ1n) is 5.53. The maximum atomic E-state index is 11.8. The second-order valence-electron chi connectivity index (χ2n) is 3.75. The number of nitrogens with two attached hydrogens (primary N) is 1. The van der Waals surface area contributed by atoms with Crippen LogP contribution in [0, 0.1) is 0 Å². The Balaban J connectivity index is 2.08. The Kier molecular flexibility index (Phi) is 3.84. The Labute approximate surface area is 109 Å². The SMILES string of the molecule is NNC(=O)c1ccc(NC(=O)c2cccnc2)cc1. The largest absolute Gasteiger partial charge is 0.322 e. The van der Waals surface area contributed by atoms with Crippen LogP contribution in [-0.4, -0.2) is 16.8 Å². The number of nitrogen functional groups attached to an aromatic ring is 1. The van der Waals surface area contributed by atoms with E-state index in [-0.39, 0.29) is 11.8 Å². The molecule has 6 heteroatoms. The van der Waals surface area contributed by atoms with Crippen molar-refractivity contribution in [1.29, 1.82) is 0 Å². The van der Waals surface area contributed by atoms with Crippen molar-refractivity contribution in [3.8, 4) is 0 Å². The van der Waals surface area contributed by atoms with Crippen molar-refractivity contribution in [2.24, 2.45) is 5.84 Å². The van der Waals surface area contributed by atoms with Crippen LogP contribution in [0.15, 0.2) is 48.8 Å². The van der Waals surface area contributed by atoms with Crippen molar-refractivity contribution in [3.05, 3.63) is 59.9 Å². The number of carbonyl (C=O) groups excluding carboxylic acids is 2. The maximum absolute atomic E-state index is 11.8. The second kappa shape index (κ2) is 5.74. The summed E-state index contributed by atoms with van der Waals surface area (Å²) in [6.07, 6.45) is 3.07. The van der Waals surface area contributed by atoms with Gasteiger partial charge in [-0.05, 0) is 36.4 Å². The van der Waals surface area contributed by atoms with Gasteiger partial charge in [-0.15, -0.1) is 0 Å². The molecule has 1 aromatic carbocycles. The number of carbonyl (C=O) groups is 2. The molecule has 0 radical (unpaired) electrons. The summed E-state index contributed by atoms with van der Waals surface area (Å²) in [5.41, 5.74) is 3.50. The van der Waals surface area contributed by atoms with Gasteiger partial charge in [0.15, 0.2) is 0 Å². The zero-order valence-corrected chi connectivity index (χ0v) is 9.96. The van der Waals surface area contributed by atoms with E-state index in [2.05, 4.69) is 10.3 Å². The number of pyridine rings is 1. The lowest BCUT2D eigenvalue weighted by Crippen LogP contribution is -2.29. The molecule has 0 unspecified atom stereocenters. The number of amides is 2. The summed E-state index contributed by atoms with van der Waals surface area (Å²) in [6, 6.07) is 9.74. The molecule has 2 aromatic rings. The van der Waals surface area contributed by atoms with Crippen molar-refractivity contribution >= 4 is 17.5 Å². The molecule has 2 rings (SSSR count). The lowest BCUT2D eigenvalue weighted by molar-refractivity contribution is 0.0953. The number of nitrogens with one attached hydrogen (secondary N) is 2. The summed E-state index contributed by atoms with van der Waals surface area (Å²) < 4.78 is 0. The minimum Gasteiger partial charge on any atom is -0.322 e. The highest BCUT2D eigenvalue weighted by atomic mass is 16.2. The summed E-state index contributed by atoms with van der Waals surface area (Å²) in [6.45, 7) is 0. The topological polar surface area (TPSA) is 97.1 Å². The second-order valence-corrected chi connectivity index (χ2v) is 3.75. The van der Waals surface area contributed by atoms with E-state index in [1.165, 1.54) is 6.20 Å². The number of benzene rings is 1. The molecule has 96 valence electrons. The fourth-order valence-corrected chi connectivity index (χ4v) is 1.49. The number of nitrogens with zero attached hydrogens (tertiary/aromatic N) is 1. The Hall–Kier alpha value is -2.73. The molecule has 0 aliphatic rings. The summed E-state index contributed by atoms with van der Waals surface area (Å²) >= 11 is 0. The van der Waals surface area contributed by atoms with Gasteiger partial charge >= 0.3 is 0 Å². The minimum absolute atomic E-state index is 0.260. The van der Waals surface area contributed by atoms with Gasteiger partial charge in [0, 0.05) is 23.6 Å². The monoisotopic (exact) mass is 256 g/mol. The molecule has 6 nitrogen and oxygen atoms in total. The van der Waals surface area contributed by atoms with Crippen molar-refractivity contribution in [3.63, 3.8) is 0 Å². The van der Waals surface area contributed by atoms with Crippen molar-refractivity contribution in [2.45, 2.75) is 0 Å². The van der Waals surface area contributed by atoms with Gasteiger partial charge in [0.1, 0.15) is 0 Å². The number of hydrogen-bond acceptors (Lipinski definition) is 4. The molecule has 2 amide bonds. The van der Waals surface area contributed by atoms with Crippen LogP contribution in [0.4, 0.5) is 5.69 Å². The normalized spacial score (nSPS) is 9.74. The van der Waals surface area contributed by atoms with Crippen LogP contribution in [0.5, 0.6) is 0 Å². The molecule has 0 fully saturated rings. The molecule has 0 aliphatic heterocycles. The summed E-state index contributed by atoms with van der Waals surface area (Å²) in [5, 5.41) is 2.70. The first-order valence-corrected chi connectivity index (χ1v) is 5.53. The number of aromatic nitrogens is 1. The Morgan fingerprint density at radius 3 is 2.32 bits per heavy atom. The Morgan fingerprint density at radius 1 is 1.00 bits per heavy atom. The van der Waals surface area contributed by atoms with E-state index in [4.69, 9.17) is 5.84 Å². The van der Waals surface area contributed by atoms with E-state index in [1.54, 1.807) is 42.6 Å². The number of hydrazine groups is 1. The van der Waals surface area contributed by atoms with Crippen LogP contribution < -0.4 is 16.6 Å². The molecule has 4 N–H and O–H groups in total. The van der Waals surface area contributed by atoms with E-state index in [0.717, 1.165) is 0 Å². The summed E-state index contributed by atoms with van der Waals surface area (Å²) in [5.74, 6) is 4.38. The standard InChI is InChI=1S/C13H12N4O2/c14-17-13(19)9-3-5-11(6-4-9)16-12(18)10-2-1-7-15-8-10/h1-8H,14H2,(H,16,18)(H,17,19). The highest BCUT2D eigenvalue weighted by molar-refractivity contribution is 6.04. The smallest absolute Gasteiger partial charge is 0.265 e. The first kappa shape index (κ1) is 12.7. The highest BCUT2D eigenvalue weighted by Gasteiger charge is 2.07. The Bertz CT molecular complexity index is 581. The third-order valence-electron chi connectivity index (χ3n) is 2.46. The average Bonchev–Trinajstić information content (AvgIpc) is 2.48. The van der Waals surface area contributed by atoms with Crippen LogP contribution in [0.25, 0.3) is 0 Å². The fourth-order valence-electron chi connectivity index (χ4n) is 1.49. The summed E-state index contributed by atoms with van der Waals surface area (Å²) in [7, 11) is 0. The molecule has 1 heterocycles. The molecule has 0 bridgehead atoms. The van der Waals surface area contributed by atoms with E-state index >= 15 is 0 Å². The van der Waals surface area contributed by atoms with Crippen LogP contribution in [-0.2, 0) is 0 Å². The number of rotatable bonds is 3. The third kappa shape index (κ3) is 3.14. The average molecular weight is 256 g/mol. The van der Waals surface area contributed by atoms with Gasteiger partial charge in [-0.2, -0.15) is 0 Å². The van der Waals surface area contributed by atoms with Gasteiger partial charge < -0.3 is 5.32 Å². The van der Waals surface area contributed by atoms with Gasteiger partial charge in [-0.25, -0.2) is 5.84 Å². The molecule has 0 saturated carbocycles. The molecule has 1 aromatic heterocycles. The van der Waals surface area contributed by atoms with Crippen molar-refractivity contribution in [2.75, 3.05) is 5.32 Å². The molecule has 19 heavy (non-hydrogen) atoms. The van der Waals surface area contributed by atoms with Crippen LogP contribution in [0.2, 0.25) is 0 Å². The lowest BCUT2D eigenvalue weighted by atomic mass is 10.2. The quantitative estimate of drug-likeness (QED) is 0.432.